The van der Waals surface area contributed by atoms with E-state index in [9.17, 15) is 0 Å². The van der Waals surface area contributed by atoms with E-state index in [-0.39, 0.29) is 0 Å². The summed E-state index contributed by atoms with van der Waals surface area (Å²) in [6.45, 7) is 20.4. The molecule has 1 aromatic rings. The number of benzene rings is 1. The van der Waals surface area contributed by atoms with Gasteiger partial charge in [0.15, 0.2) is 0 Å². The number of rotatable bonds is 0. The van der Waals surface area contributed by atoms with Crippen LogP contribution in [0.15, 0.2) is 149 Å². The van der Waals surface area contributed by atoms with Gasteiger partial charge in [-0.25, -0.2) is 0 Å². The Labute approximate surface area is 228 Å². The van der Waals surface area contributed by atoms with Crippen LogP contribution in [0.25, 0.3) is 0 Å². The molecular formula is C37H48. The lowest BCUT2D eigenvalue weighted by Gasteiger charge is -2.36. The van der Waals surface area contributed by atoms with Crippen molar-refractivity contribution in [3.05, 3.63) is 155 Å². The Balaban J connectivity index is 0.000000287. The Kier molecular flexibility index (Phi) is 15.4. The second-order valence-electron chi connectivity index (χ2n) is 8.65. The molecule has 0 saturated carbocycles. The molecule has 0 radical (unpaired) electrons. The normalized spacial score (nSPS) is 18.7. The van der Waals surface area contributed by atoms with Crippen molar-refractivity contribution in [2.75, 3.05) is 0 Å². The van der Waals surface area contributed by atoms with Crippen LogP contribution in [0.2, 0.25) is 0 Å². The molecule has 0 heteroatoms. The van der Waals surface area contributed by atoms with Crippen molar-refractivity contribution < 1.29 is 0 Å². The van der Waals surface area contributed by atoms with E-state index >= 15 is 0 Å². The first-order valence-electron chi connectivity index (χ1n) is 13.9. The summed E-state index contributed by atoms with van der Waals surface area (Å²) in [5.41, 5.74) is 11.5. The fourth-order valence-electron chi connectivity index (χ4n) is 4.53. The monoisotopic (exact) mass is 492 g/mol. The number of hydrogen-bond acceptors (Lipinski definition) is 0. The molecule has 0 amide bonds. The molecule has 5 aliphatic carbocycles. The third-order valence-corrected chi connectivity index (χ3v) is 6.25. The molecule has 6 rings (SSSR count). The summed E-state index contributed by atoms with van der Waals surface area (Å²) < 4.78 is 0. The SMILES string of the molecule is C=C.CC.CC.CC1=C2C=CC3=C4C(=CC=C(C=C1)C24)CC=C3.CC1=CCCC=C1.Cc1ccccc1. The molecule has 1 aromatic carbocycles. The van der Waals surface area contributed by atoms with E-state index in [2.05, 4.69) is 113 Å². The lowest BCUT2D eigenvalue weighted by Crippen LogP contribution is -2.21. The van der Waals surface area contributed by atoms with Crippen LogP contribution in [0.3, 0.4) is 0 Å². The van der Waals surface area contributed by atoms with E-state index < -0.39 is 0 Å². The summed E-state index contributed by atoms with van der Waals surface area (Å²) in [5, 5.41) is 0. The fourth-order valence-corrected chi connectivity index (χ4v) is 4.53. The van der Waals surface area contributed by atoms with E-state index in [1.54, 1.807) is 5.57 Å². The summed E-state index contributed by atoms with van der Waals surface area (Å²) in [6.07, 6.45) is 28.4. The summed E-state index contributed by atoms with van der Waals surface area (Å²) in [6, 6.07) is 10.3. The van der Waals surface area contributed by atoms with Crippen LogP contribution in [-0.2, 0) is 0 Å². The summed E-state index contributed by atoms with van der Waals surface area (Å²) in [4.78, 5) is 0. The molecule has 0 aliphatic heterocycles. The van der Waals surface area contributed by atoms with E-state index in [0.29, 0.717) is 5.92 Å². The zero-order chi connectivity index (χ0) is 27.6. The second kappa shape index (κ2) is 18.0. The second-order valence-corrected chi connectivity index (χ2v) is 8.65. The first-order valence-corrected chi connectivity index (χ1v) is 13.9. The Morgan fingerprint density at radius 3 is 1.95 bits per heavy atom. The van der Waals surface area contributed by atoms with Crippen molar-refractivity contribution in [1.82, 2.24) is 0 Å². The molecule has 0 N–H and O–H groups in total. The molecule has 37 heavy (non-hydrogen) atoms. The van der Waals surface area contributed by atoms with Crippen LogP contribution in [0.5, 0.6) is 0 Å². The number of hydrogen-bond donors (Lipinski definition) is 0. The lowest BCUT2D eigenvalue weighted by molar-refractivity contribution is 0.821. The standard InChI is InChI=1S/C17H14.C7H10.C7H8.2C2H6.C2H4/c1-11-5-6-14-8-7-12-3-2-4-13-9-10-15(11)17(14)16(12)13;2*1-7-5-3-2-4-6-7;3*1-2/h2,4-10,17H,3H2,1H3;3,5-6H,2,4H2,1H3;2-6H,1H3;2*1-2H3;1-2H2. The third kappa shape index (κ3) is 9.21. The van der Waals surface area contributed by atoms with Gasteiger partial charge in [-0.15, -0.1) is 13.2 Å². The van der Waals surface area contributed by atoms with E-state index in [1.165, 1.54) is 51.8 Å². The highest BCUT2D eigenvalue weighted by molar-refractivity contribution is 5.67. The molecule has 5 aliphatic rings. The topological polar surface area (TPSA) is 0 Å². The van der Waals surface area contributed by atoms with Gasteiger partial charge in [-0.3, -0.25) is 0 Å². The summed E-state index contributed by atoms with van der Waals surface area (Å²) in [5.74, 6) is 0.505. The molecule has 0 nitrogen and oxygen atoms in total. The van der Waals surface area contributed by atoms with Crippen molar-refractivity contribution in [2.24, 2.45) is 5.92 Å². The molecule has 0 aromatic heterocycles. The molecule has 0 spiro atoms. The van der Waals surface area contributed by atoms with Crippen LogP contribution in [0, 0.1) is 12.8 Å². The summed E-state index contributed by atoms with van der Waals surface area (Å²) in [7, 11) is 0. The number of allylic oxidation sites excluding steroid dienone is 18. The highest BCUT2D eigenvalue weighted by atomic mass is 14.4. The number of aryl methyl sites for hydroxylation is 1. The molecule has 0 heterocycles. The maximum absolute atomic E-state index is 3.00. The minimum Gasteiger partial charge on any atom is -0.106 e. The predicted molar refractivity (Wildman–Crippen MR) is 169 cm³/mol. The first-order chi connectivity index (χ1) is 18.1. The van der Waals surface area contributed by atoms with Crippen molar-refractivity contribution in [1.29, 1.82) is 0 Å². The Bertz CT molecular complexity index is 1120. The van der Waals surface area contributed by atoms with E-state index in [4.69, 9.17) is 0 Å². The largest absolute Gasteiger partial charge is 0.106 e. The molecule has 0 bridgehead atoms. The molecule has 1 unspecified atom stereocenters. The fraction of sp³-hybridized carbons (Fsp3) is 0.297. The molecule has 196 valence electrons. The zero-order valence-corrected chi connectivity index (χ0v) is 24.4. The average Bonchev–Trinajstić information content (AvgIpc) is 2.97. The smallest absolute Gasteiger partial charge is 0.0351 e. The van der Waals surface area contributed by atoms with E-state index in [1.807, 2.05) is 45.9 Å². The third-order valence-electron chi connectivity index (χ3n) is 6.25. The lowest BCUT2D eigenvalue weighted by atomic mass is 9.68. The molecular weight excluding hydrogens is 444 g/mol. The Morgan fingerprint density at radius 1 is 0.703 bits per heavy atom. The predicted octanol–water partition coefficient (Wildman–Crippen LogP) is 11.3. The van der Waals surface area contributed by atoms with Gasteiger partial charge in [-0.1, -0.05) is 136 Å². The van der Waals surface area contributed by atoms with Crippen molar-refractivity contribution >= 4 is 0 Å². The van der Waals surface area contributed by atoms with Gasteiger partial charge in [0.2, 0.25) is 0 Å². The minimum absolute atomic E-state index is 0.505. The van der Waals surface area contributed by atoms with Crippen LogP contribution < -0.4 is 0 Å². The Hall–Kier alpha value is -3.38. The summed E-state index contributed by atoms with van der Waals surface area (Å²) >= 11 is 0. The van der Waals surface area contributed by atoms with Crippen LogP contribution >= 0.6 is 0 Å². The van der Waals surface area contributed by atoms with Crippen molar-refractivity contribution in [2.45, 2.75) is 67.7 Å². The Morgan fingerprint density at radius 2 is 1.41 bits per heavy atom. The van der Waals surface area contributed by atoms with Gasteiger partial charge in [0.05, 0.1) is 0 Å². The van der Waals surface area contributed by atoms with Gasteiger partial charge >= 0.3 is 0 Å². The highest BCUT2D eigenvalue weighted by Gasteiger charge is 2.32. The van der Waals surface area contributed by atoms with Crippen molar-refractivity contribution in [3.63, 3.8) is 0 Å². The molecule has 0 fully saturated rings. The van der Waals surface area contributed by atoms with Gasteiger partial charge in [0.1, 0.15) is 0 Å². The van der Waals surface area contributed by atoms with Crippen LogP contribution in [-0.4, -0.2) is 0 Å². The minimum atomic E-state index is 0.505. The van der Waals surface area contributed by atoms with Crippen LogP contribution in [0.4, 0.5) is 0 Å². The van der Waals surface area contributed by atoms with E-state index in [0.717, 1.165) is 6.42 Å². The molecule has 0 saturated heterocycles. The maximum Gasteiger partial charge on any atom is 0.0351 e. The van der Waals surface area contributed by atoms with Gasteiger partial charge in [-0.05, 0) is 73.5 Å². The first kappa shape index (κ1) is 31.6. The van der Waals surface area contributed by atoms with Gasteiger partial charge in [-0.2, -0.15) is 0 Å². The van der Waals surface area contributed by atoms with Gasteiger partial charge in [0, 0.05) is 5.92 Å². The highest BCUT2D eigenvalue weighted by Crippen LogP contribution is 2.47. The quantitative estimate of drug-likeness (QED) is 0.316. The average molecular weight is 493 g/mol. The van der Waals surface area contributed by atoms with Crippen molar-refractivity contribution in [3.8, 4) is 0 Å². The maximum atomic E-state index is 3.00. The van der Waals surface area contributed by atoms with Gasteiger partial charge < -0.3 is 0 Å². The zero-order valence-electron chi connectivity index (χ0n) is 24.4. The van der Waals surface area contributed by atoms with Gasteiger partial charge in [0.25, 0.3) is 0 Å². The molecule has 1 atom stereocenters. The van der Waals surface area contributed by atoms with Crippen LogP contribution in [0.1, 0.15) is 66.4 Å².